The number of hydrogen-bond acceptors (Lipinski definition) is 0. The fourth-order valence-corrected chi connectivity index (χ4v) is 40.6. The normalized spacial score (nSPS) is 19.7. The molecule has 0 bridgehead atoms. The second-order valence-electron chi connectivity index (χ2n) is 12.7. The molecule has 4 rings (SSSR count). The first kappa shape index (κ1) is 30.6. The third-order valence-electron chi connectivity index (χ3n) is 9.73. The van der Waals surface area contributed by atoms with Crippen molar-refractivity contribution < 1.29 is 15.6 Å². The zero-order valence-electron chi connectivity index (χ0n) is 25.1. The van der Waals surface area contributed by atoms with Gasteiger partial charge in [-0.05, 0) is 0 Å². The predicted molar refractivity (Wildman–Crippen MR) is 172 cm³/mol. The summed E-state index contributed by atoms with van der Waals surface area (Å²) in [5, 5.41) is 0. The fourth-order valence-electron chi connectivity index (χ4n) is 7.59. The number of halogens is 2. The number of fused-ring (bicyclic) bond motifs is 2. The Morgan fingerprint density at radius 1 is 0.658 bits per heavy atom. The van der Waals surface area contributed by atoms with Gasteiger partial charge < -0.3 is 0 Å². The second-order valence-corrected chi connectivity index (χ2v) is 55.2. The summed E-state index contributed by atoms with van der Waals surface area (Å²) >= 11 is -4.58. The molecule has 207 valence electrons. The first-order valence-corrected chi connectivity index (χ1v) is 31.5. The van der Waals surface area contributed by atoms with Crippen molar-refractivity contribution in [2.24, 2.45) is 0 Å². The molecule has 4 heteroatoms. The Bertz CT molecular complexity index is 1180. The molecule has 2 unspecified atom stereocenters. The Morgan fingerprint density at radius 3 is 1.39 bits per heavy atom. The van der Waals surface area contributed by atoms with Crippen LogP contribution in [-0.4, -0.2) is 5.92 Å². The third kappa shape index (κ3) is 5.08. The summed E-state index contributed by atoms with van der Waals surface area (Å²) in [5.41, 5.74) is 14.4. The minimum atomic E-state index is -4.58. The number of unbranched alkanes of at least 4 members (excludes halogenated alkanes) is 4. The quantitative estimate of drug-likeness (QED) is 0.168. The van der Waals surface area contributed by atoms with Crippen LogP contribution in [0.3, 0.4) is 0 Å². The maximum absolute atomic E-state index is 8.44. The van der Waals surface area contributed by atoms with E-state index in [0.29, 0.717) is 0 Å². The summed E-state index contributed by atoms with van der Waals surface area (Å²) in [6, 6.07) is 9.45. The molecule has 0 amide bonds. The van der Waals surface area contributed by atoms with Gasteiger partial charge in [0.25, 0.3) is 0 Å². The molecule has 2 aromatic carbocycles. The topological polar surface area (TPSA) is 0 Å². The second kappa shape index (κ2) is 11.8. The van der Waals surface area contributed by atoms with Crippen LogP contribution in [0.4, 0.5) is 0 Å². The average Bonchev–Trinajstić information content (AvgIpc) is 3.41. The van der Waals surface area contributed by atoms with Gasteiger partial charge in [0.1, 0.15) is 0 Å². The van der Waals surface area contributed by atoms with Gasteiger partial charge in [0, 0.05) is 0 Å². The van der Waals surface area contributed by atoms with E-state index in [2.05, 4.69) is 91.1 Å². The molecule has 2 aromatic rings. The number of benzene rings is 2. The molecule has 0 nitrogen and oxygen atoms in total. The van der Waals surface area contributed by atoms with E-state index < -0.39 is 21.5 Å². The van der Waals surface area contributed by atoms with Gasteiger partial charge in [0.2, 0.25) is 0 Å². The Balaban J connectivity index is 1.90. The van der Waals surface area contributed by atoms with Gasteiger partial charge in [-0.3, -0.25) is 0 Å². The Morgan fingerprint density at radius 2 is 1.05 bits per heavy atom. The number of hydrogen-bond donors (Lipinski definition) is 0. The van der Waals surface area contributed by atoms with Crippen molar-refractivity contribution in [3.63, 3.8) is 0 Å². The van der Waals surface area contributed by atoms with Gasteiger partial charge in [0.15, 0.2) is 0 Å². The molecule has 2 atom stereocenters. The molecule has 0 radical (unpaired) electrons. The van der Waals surface area contributed by atoms with Crippen LogP contribution in [0.1, 0.15) is 118 Å². The Labute approximate surface area is 242 Å². The van der Waals surface area contributed by atoms with Crippen molar-refractivity contribution in [2.45, 2.75) is 113 Å². The van der Waals surface area contributed by atoms with Crippen LogP contribution < -0.4 is 0 Å². The number of aryl methyl sites for hydroxylation is 4. The Hall–Kier alpha value is -0.400. The van der Waals surface area contributed by atoms with E-state index in [-0.39, 0.29) is 7.25 Å². The van der Waals surface area contributed by atoms with Crippen molar-refractivity contribution in [1.29, 1.82) is 0 Å². The van der Waals surface area contributed by atoms with Crippen LogP contribution in [0.15, 0.2) is 35.4 Å². The predicted octanol–water partition coefficient (Wildman–Crippen LogP) is 11.4. The van der Waals surface area contributed by atoms with Crippen LogP contribution >= 0.6 is 17.0 Å². The standard InChI is InChI=1S/2C16H21.C2H7Si.2ClH.Zr/c2*1-4-5-6-7-14-9-8-13(3)15-10-12(2)11-16(14)15;1-3-2;;;/h2*8-11H,4-7H2,1-3H3;3H,1-2H3;2*1H;/q;;;;;+2/p-2. The maximum atomic E-state index is 8.44. The molecular formula is C34H49Cl2SiZr. The summed E-state index contributed by atoms with van der Waals surface area (Å²) in [7, 11) is 16.9. The van der Waals surface area contributed by atoms with E-state index in [1.807, 2.05) is 0 Å². The summed E-state index contributed by atoms with van der Waals surface area (Å²) in [5.74, 6) is -1.48. The van der Waals surface area contributed by atoms with Crippen molar-refractivity contribution in [3.8, 4) is 0 Å². The molecular weight excluding hydrogens is 599 g/mol. The molecule has 2 aliphatic rings. The monoisotopic (exact) mass is 645 g/mol. The zero-order valence-corrected chi connectivity index (χ0v) is 30.2. The van der Waals surface area contributed by atoms with Crippen molar-refractivity contribution in [2.75, 3.05) is 0 Å². The van der Waals surface area contributed by atoms with Crippen LogP contribution in [0, 0.1) is 13.8 Å². The molecule has 38 heavy (non-hydrogen) atoms. The van der Waals surface area contributed by atoms with E-state index in [1.54, 1.807) is 0 Å². The molecule has 0 saturated heterocycles. The van der Waals surface area contributed by atoms with Gasteiger partial charge in [-0.1, -0.05) is 0 Å². The molecule has 0 spiro atoms. The van der Waals surface area contributed by atoms with Gasteiger partial charge >= 0.3 is 244 Å². The molecule has 0 heterocycles. The molecule has 0 aliphatic heterocycles. The van der Waals surface area contributed by atoms with E-state index >= 15 is 0 Å². The average molecular weight is 648 g/mol. The first-order valence-electron chi connectivity index (χ1n) is 15.2. The van der Waals surface area contributed by atoms with Gasteiger partial charge in [-0.2, -0.15) is 0 Å². The van der Waals surface area contributed by atoms with E-state index in [9.17, 15) is 0 Å². The zero-order chi connectivity index (χ0) is 27.9. The van der Waals surface area contributed by atoms with Crippen LogP contribution in [0.25, 0.3) is 12.2 Å². The minimum absolute atomic E-state index is 0.204. The summed E-state index contributed by atoms with van der Waals surface area (Å²) in [6.07, 6.45) is 14.8. The van der Waals surface area contributed by atoms with E-state index in [1.165, 1.54) is 94.2 Å². The van der Waals surface area contributed by atoms with Gasteiger partial charge in [0.05, 0.1) is 0 Å². The van der Waals surface area contributed by atoms with Crippen molar-refractivity contribution >= 4 is 35.1 Å². The summed E-state index contributed by atoms with van der Waals surface area (Å²) in [4.78, 5) is 0. The van der Waals surface area contributed by atoms with E-state index in [4.69, 9.17) is 17.0 Å². The fraction of sp³-hybridized carbons (Fsp3) is 0.529. The van der Waals surface area contributed by atoms with Crippen LogP contribution in [-0.2, 0) is 28.4 Å². The van der Waals surface area contributed by atoms with E-state index in [0.717, 1.165) is 12.8 Å². The van der Waals surface area contributed by atoms with Crippen molar-refractivity contribution in [1.82, 2.24) is 0 Å². The Kier molecular flexibility index (Phi) is 9.52. The van der Waals surface area contributed by atoms with Crippen LogP contribution in [0.2, 0.25) is 13.1 Å². The molecule has 0 saturated carbocycles. The van der Waals surface area contributed by atoms with Crippen LogP contribution in [0.5, 0.6) is 0 Å². The van der Waals surface area contributed by atoms with Crippen molar-refractivity contribution in [3.05, 3.63) is 79.9 Å². The molecule has 0 N–H and O–H groups in total. The van der Waals surface area contributed by atoms with Gasteiger partial charge in [-0.15, -0.1) is 0 Å². The molecule has 2 aliphatic carbocycles. The summed E-state index contributed by atoms with van der Waals surface area (Å²) < 4.78 is 0.407. The summed E-state index contributed by atoms with van der Waals surface area (Å²) in [6.45, 7) is 18.7. The van der Waals surface area contributed by atoms with Gasteiger partial charge in [-0.25, -0.2) is 0 Å². The number of allylic oxidation sites excluding steroid dienone is 2. The first-order chi connectivity index (χ1) is 18.0. The SMILES string of the molecule is CCCCCc1ccc(C)c2c1C=C(C)[CH]2[Zr]([Cl])([Cl])([CH]1C(C)=Cc2c(CCCCC)ccc(C)c21)[SiH](C)C. The number of rotatable bonds is 11. The third-order valence-corrected chi connectivity index (χ3v) is 61.9. The molecule has 0 aromatic heterocycles. The molecule has 0 fully saturated rings.